The first-order valence-electron chi connectivity index (χ1n) is 9.38. The number of benzene rings is 2. The molecule has 9 heteroatoms. The molecule has 2 aromatic rings. The Labute approximate surface area is 170 Å². The highest BCUT2D eigenvalue weighted by molar-refractivity contribution is 5.35. The highest BCUT2D eigenvalue weighted by Crippen LogP contribution is 2.39. The van der Waals surface area contributed by atoms with Crippen molar-refractivity contribution in [1.82, 2.24) is 5.32 Å². The van der Waals surface area contributed by atoms with Crippen LogP contribution in [0.2, 0.25) is 0 Å². The number of nitrogens with two attached hydrogens (primary N) is 1. The van der Waals surface area contributed by atoms with E-state index in [2.05, 4.69) is 5.32 Å². The number of nitrogens with one attached hydrogen (secondary N) is 1. The average Bonchev–Trinajstić information content (AvgIpc) is 3.07. The monoisotopic (exact) mass is 432 g/mol. The van der Waals surface area contributed by atoms with Gasteiger partial charge in [0.1, 0.15) is 0 Å². The van der Waals surface area contributed by atoms with Crippen LogP contribution < -0.4 is 11.1 Å². The summed E-state index contributed by atoms with van der Waals surface area (Å²) in [6, 6.07) is 10.6. The largest absolute Gasteiger partial charge is 0.416 e. The van der Waals surface area contributed by atoms with Crippen LogP contribution in [0.1, 0.15) is 41.7 Å². The number of ether oxygens (including phenoxy) is 1. The van der Waals surface area contributed by atoms with Gasteiger partial charge in [-0.05, 0) is 42.7 Å². The lowest BCUT2D eigenvalue weighted by atomic mass is 9.88. The van der Waals surface area contributed by atoms with Gasteiger partial charge in [0.05, 0.1) is 29.4 Å². The maximum atomic E-state index is 13.1. The number of alkyl halides is 6. The van der Waals surface area contributed by atoms with E-state index in [1.165, 1.54) is 6.92 Å². The summed E-state index contributed by atoms with van der Waals surface area (Å²) in [6.07, 6.45) is -10.3. The van der Waals surface area contributed by atoms with E-state index in [1.807, 2.05) is 30.3 Å². The van der Waals surface area contributed by atoms with Gasteiger partial charge in [0, 0.05) is 12.6 Å². The summed E-state index contributed by atoms with van der Waals surface area (Å²) < 4.78 is 84.5. The maximum absolute atomic E-state index is 13.1. The Morgan fingerprint density at radius 2 is 1.60 bits per heavy atom. The minimum Gasteiger partial charge on any atom is -0.372 e. The molecule has 3 atom stereocenters. The van der Waals surface area contributed by atoms with Crippen LogP contribution in [0.3, 0.4) is 0 Å². The SMILES string of the molecule is CC(OCC1(c2ccccc2)CC(N)CN1)c1cc(C(F)(F)F)cc(C(F)(F)F)c1. The molecule has 3 unspecified atom stereocenters. The lowest BCUT2D eigenvalue weighted by molar-refractivity contribution is -0.143. The Bertz CT molecular complexity index is 836. The smallest absolute Gasteiger partial charge is 0.372 e. The topological polar surface area (TPSA) is 47.3 Å². The lowest BCUT2D eigenvalue weighted by Crippen LogP contribution is -2.41. The molecule has 0 bridgehead atoms. The van der Waals surface area contributed by atoms with Gasteiger partial charge in [-0.25, -0.2) is 0 Å². The van der Waals surface area contributed by atoms with Gasteiger partial charge in [0.15, 0.2) is 0 Å². The molecule has 1 heterocycles. The van der Waals surface area contributed by atoms with Crippen molar-refractivity contribution in [2.75, 3.05) is 13.2 Å². The molecule has 3 nitrogen and oxygen atoms in total. The van der Waals surface area contributed by atoms with Crippen LogP contribution in [0.25, 0.3) is 0 Å². The summed E-state index contributed by atoms with van der Waals surface area (Å²) in [5, 5.41) is 3.30. The van der Waals surface area contributed by atoms with Crippen molar-refractivity contribution >= 4 is 0 Å². The third-order valence-electron chi connectivity index (χ3n) is 5.30. The van der Waals surface area contributed by atoms with Crippen molar-refractivity contribution in [3.63, 3.8) is 0 Å². The molecule has 3 rings (SSSR count). The molecule has 0 radical (unpaired) electrons. The van der Waals surface area contributed by atoms with Gasteiger partial charge in [-0.2, -0.15) is 26.3 Å². The Hall–Kier alpha value is -2.10. The Kier molecular flexibility index (Phi) is 6.18. The van der Waals surface area contributed by atoms with E-state index in [0.717, 1.165) is 5.56 Å². The van der Waals surface area contributed by atoms with Crippen LogP contribution in [0.4, 0.5) is 26.3 Å². The predicted molar refractivity (Wildman–Crippen MR) is 99.5 cm³/mol. The van der Waals surface area contributed by atoms with E-state index < -0.39 is 35.1 Å². The molecule has 3 N–H and O–H groups in total. The summed E-state index contributed by atoms with van der Waals surface area (Å²) in [7, 11) is 0. The van der Waals surface area contributed by atoms with Gasteiger partial charge < -0.3 is 15.8 Å². The lowest BCUT2D eigenvalue weighted by Gasteiger charge is -2.32. The second-order valence-electron chi connectivity index (χ2n) is 7.59. The van der Waals surface area contributed by atoms with Gasteiger partial charge in [-0.1, -0.05) is 30.3 Å². The quantitative estimate of drug-likeness (QED) is 0.653. The molecule has 1 saturated heterocycles. The molecule has 1 aliphatic rings. The fourth-order valence-corrected chi connectivity index (χ4v) is 3.67. The molecule has 164 valence electrons. The first-order valence-corrected chi connectivity index (χ1v) is 9.38. The van der Waals surface area contributed by atoms with E-state index in [0.29, 0.717) is 25.1 Å². The summed E-state index contributed by atoms with van der Waals surface area (Å²) in [6.45, 7) is 2.00. The van der Waals surface area contributed by atoms with Crippen molar-refractivity contribution < 1.29 is 31.1 Å². The number of rotatable bonds is 5. The van der Waals surface area contributed by atoms with E-state index in [4.69, 9.17) is 10.5 Å². The molecule has 0 aliphatic carbocycles. The molecule has 0 aromatic heterocycles. The molecule has 0 saturated carbocycles. The normalized spacial score (nSPS) is 23.5. The molecule has 2 aromatic carbocycles. The van der Waals surface area contributed by atoms with Crippen molar-refractivity contribution in [2.45, 2.75) is 43.4 Å². The highest BCUT2D eigenvalue weighted by Gasteiger charge is 2.40. The van der Waals surface area contributed by atoms with Gasteiger partial charge in [-0.15, -0.1) is 0 Å². The molecule has 1 aliphatic heterocycles. The molecular weight excluding hydrogens is 410 g/mol. The van der Waals surface area contributed by atoms with Crippen LogP contribution >= 0.6 is 0 Å². The van der Waals surface area contributed by atoms with E-state index in [9.17, 15) is 26.3 Å². The Morgan fingerprint density at radius 3 is 2.07 bits per heavy atom. The summed E-state index contributed by atoms with van der Waals surface area (Å²) in [5.41, 5.74) is 3.35. The third kappa shape index (κ3) is 4.96. The third-order valence-corrected chi connectivity index (χ3v) is 5.30. The van der Waals surface area contributed by atoms with Crippen molar-refractivity contribution in [2.24, 2.45) is 5.73 Å². The second kappa shape index (κ2) is 8.20. The van der Waals surface area contributed by atoms with Gasteiger partial charge >= 0.3 is 12.4 Å². The standard InChI is InChI=1S/C21H22F6N2O/c1-13(14-7-16(20(22,23)24)9-17(8-14)21(25,26)27)30-12-19(10-18(28)11-29-19)15-5-3-2-4-6-15/h2-9,13,18,29H,10-12,28H2,1H3. The van der Waals surface area contributed by atoms with Crippen LogP contribution in [0.5, 0.6) is 0 Å². The van der Waals surface area contributed by atoms with Crippen molar-refractivity contribution in [3.8, 4) is 0 Å². The van der Waals surface area contributed by atoms with Gasteiger partial charge in [0.2, 0.25) is 0 Å². The minimum absolute atomic E-state index is 0.0451. The number of halogens is 6. The van der Waals surface area contributed by atoms with Crippen molar-refractivity contribution in [1.29, 1.82) is 0 Å². The average molecular weight is 432 g/mol. The van der Waals surface area contributed by atoms with E-state index >= 15 is 0 Å². The summed E-state index contributed by atoms with van der Waals surface area (Å²) in [5.74, 6) is 0. The minimum atomic E-state index is -4.90. The van der Waals surface area contributed by atoms with Gasteiger partial charge in [-0.3, -0.25) is 0 Å². The van der Waals surface area contributed by atoms with Crippen LogP contribution in [-0.2, 0) is 22.6 Å². The molecule has 30 heavy (non-hydrogen) atoms. The first-order chi connectivity index (χ1) is 13.9. The zero-order valence-corrected chi connectivity index (χ0v) is 16.1. The number of hydrogen-bond donors (Lipinski definition) is 2. The maximum Gasteiger partial charge on any atom is 0.416 e. The van der Waals surface area contributed by atoms with E-state index in [-0.39, 0.29) is 24.3 Å². The first kappa shape index (κ1) is 22.6. The fraction of sp³-hybridized carbons (Fsp3) is 0.429. The summed E-state index contributed by atoms with van der Waals surface area (Å²) in [4.78, 5) is 0. The van der Waals surface area contributed by atoms with Gasteiger partial charge in [0.25, 0.3) is 0 Å². The predicted octanol–water partition coefficient (Wildman–Crippen LogP) is 5.02. The molecular formula is C21H22F6N2O. The van der Waals surface area contributed by atoms with E-state index in [1.54, 1.807) is 0 Å². The zero-order chi connectivity index (χ0) is 22.2. The summed E-state index contributed by atoms with van der Waals surface area (Å²) >= 11 is 0. The Balaban J connectivity index is 1.87. The van der Waals surface area contributed by atoms with Crippen molar-refractivity contribution in [3.05, 3.63) is 70.8 Å². The fourth-order valence-electron chi connectivity index (χ4n) is 3.67. The van der Waals surface area contributed by atoms with Crippen LogP contribution in [-0.4, -0.2) is 19.2 Å². The highest BCUT2D eigenvalue weighted by atomic mass is 19.4. The molecule has 1 fully saturated rings. The van der Waals surface area contributed by atoms with Crippen LogP contribution in [0.15, 0.2) is 48.5 Å². The second-order valence-corrected chi connectivity index (χ2v) is 7.59. The zero-order valence-electron chi connectivity index (χ0n) is 16.1. The molecule has 0 spiro atoms. The van der Waals surface area contributed by atoms with Crippen LogP contribution in [0, 0.1) is 0 Å². The number of hydrogen-bond acceptors (Lipinski definition) is 3. The Morgan fingerprint density at radius 1 is 1.03 bits per heavy atom. The molecule has 0 amide bonds.